The molecule has 0 saturated heterocycles. The Morgan fingerprint density at radius 3 is 2.78 bits per heavy atom. The van der Waals surface area contributed by atoms with Gasteiger partial charge in [0.15, 0.2) is 0 Å². The van der Waals surface area contributed by atoms with Gasteiger partial charge < -0.3 is 10.6 Å². The van der Waals surface area contributed by atoms with Gasteiger partial charge in [0.2, 0.25) is 0 Å². The highest BCUT2D eigenvalue weighted by atomic mass is 35.5. The summed E-state index contributed by atoms with van der Waals surface area (Å²) < 4.78 is 0. The molecule has 1 heterocycles. The van der Waals surface area contributed by atoms with Gasteiger partial charge in [-0.1, -0.05) is 11.6 Å². The Kier molecular flexibility index (Phi) is 3.72. The van der Waals surface area contributed by atoms with E-state index in [0.717, 1.165) is 27.7 Å². The summed E-state index contributed by atoms with van der Waals surface area (Å²) in [5.41, 5.74) is 9.64. The zero-order valence-electron chi connectivity index (χ0n) is 10.5. The van der Waals surface area contributed by atoms with Crippen molar-refractivity contribution in [3.05, 3.63) is 52.8 Å². The van der Waals surface area contributed by atoms with Gasteiger partial charge in [-0.2, -0.15) is 0 Å². The molecule has 0 atom stereocenters. The summed E-state index contributed by atoms with van der Waals surface area (Å²) in [6.45, 7) is 2.69. The Labute approximate surface area is 112 Å². The Hall–Kier alpha value is -1.74. The van der Waals surface area contributed by atoms with Crippen LogP contribution in [-0.4, -0.2) is 12.0 Å². The summed E-state index contributed by atoms with van der Waals surface area (Å²) in [4.78, 5) is 6.31. The molecule has 0 aliphatic carbocycles. The number of rotatable bonds is 3. The number of nitrogens with zero attached hydrogens (tertiary/aromatic N) is 2. The van der Waals surface area contributed by atoms with Crippen molar-refractivity contribution in [1.29, 1.82) is 0 Å². The molecule has 0 aliphatic heterocycles. The van der Waals surface area contributed by atoms with Gasteiger partial charge in [0.05, 0.1) is 0 Å². The largest absolute Gasteiger partial charge is 0.399 e. The molecule has 4 heteroatoms. The van der Waals surface area contributed by atoms with Crippen LogP contribution in [0, 0.1) is 6.92 Å². The average molecular weight is 262 g/mol. The molecular formula is C14H16ClN3. The molecule has 1 aromatic carbocycles. The van der Waals surface area contributed by atoms with Crippen LogP contribution in [0.3, 0.4) is 0 Å². The maximum absolute atomic E-state index is 6.16. The summed E-state index contributed by atoms with van der Waals surface area (Å²) >= 11 is 6.16. The molecule has 1 aromatic heterocycles. The third-order valence-corrected chi connectivity index (χ3v) is 3.17. The maximum Gasteiger partial charge on any atom is 0.0457 e. The first-order chi connectivity index (χ1) is 8.56. The van der Waals surface area contributed by atoms with E-state index in [0.29, 0.717) is 6.54 Å². The van der Waals surface area contributed by atoms with E-state index in [1.165, 1.54) is 0 Å². The number of benzene rings is 1. The molecule has 0 bridgehead atoms. The fourth-order valence-electron chi connectivity index (χ4n) is 1.83. The number of nitrogens with two attached hydrogens (primary N) is 1. The lowest BCUT2D eigenvalue weighted by Crippen LogP contribution is -2.17. The fourth-order valence-corrected chi connectivity index (χ4v) is 2.01. The topological polar surface area (TPSA) is 42.1 Å². The van der Waals surface area contributed by atoms with Crippen LogP contribution in [0.5, 0.6) is 0 Å². The molecule has 18 heavy (non-hydrogen) atoms. The second-order valence-corrected chi connectivity index (χ2v) is 4.77. The SMILES string of the molecule is Cc1cc(N(C)Cc2cc(N)ccc2Cl)ccn1. The lowest BCUT2D eigenvalue weighted by atomic mass is 10.2. The van der Waals surface area contributed by atoms with Crippen molar-refractivity contribution in [3.8, 4) is 0 Å². The number of halogens is 1. The van der Waals surface area contributed by atoms with Crippen molar-refractivity contribution in [2.24, 2.45) is 0 Å². The summed E-state index contributed by atoms with van der Waals surface area (Å²) in [6, 6.07) is 9.57. The normalized spacial score (nSPS) is 10.4. The van der Waals surface area contributed by atoms with Gasteiger partial charge in [0, 0.05) is 41.9 Å². The van der Waals surface area contributed by atoms with Crippen LogP contribution in [-0.2, 0) is 6.54 Å². The van der Waals surface area contributed by atoms with Gasteiger partial charge in [-0.25, -0.2) is 0 Å². The maximum atomic E-state index is 6.16. The number of anilines is 2. The quantitative estimate of drug-likeness (QED) is 0.863. The summed E-state index contributed by atoms with van der Waals surface area (Å²) in [5, 5.41) is 0.738. The minimum absolute atomic E-state index is 0.716. The first-order valence-electron chi connectivity index (χ1n) is 5.74. The van der Waals surface area contributed by atoms with E-state index < -0.39 is 0 Å². The van der Waals surface area contributed by atoms with Crippen molar-refractivity contribution >= 4 is 23.0 Å². The standard InChI is InChI=1S/C14H16ClN3/c1-10-7-13(5-6-17-10)18(2)9-11-8-12(16)3-4-14(11)15/h3-8H,9,16H2,1-2H3. The third-order valence-electron chi connectivity index (χ3n) is 2.80. The molecule has 0 fully saturated rings. The molecule has 2 N–H and O–H groups in total. The predicted octanol–water partition coefficient (Wildman–Crippen LogP) is 3.26. The van der Waals surface area contributed by atoms with Crippen LogP contribution < -0.4 is 10.6 Å². The number of pyridine rings is 1. The first-order valence-corrected chi connectivity index (χ1v) is 6.12. The van der Waals surface area contributed by atoms with Gasteiger partial charge in [-0.3, -0.25) is 4.98 Å². The van der Waals surface area contributed by atoms with E-state index in [1.54, 1.807) is 0 Å². The van der Waals surface area contributed by atoms with Crippen molar-refractivity contribution in [2.45, 2.75) is 13.5 Å². The summed E-state index contributed by atoms with van der Waals surface area (Å²) in [6.07, 6.45) is 1.81. The number of hydrogen-bond acceptors (Lipinski definition) is 3. The van der Waals surface area contributed by atoms with E-state index >= 15 is 0 Å². The predicted molar refractivity (Wildman–Crippen MR) is 76.9 cm³/mol. The Bertz CT molecular complexity index is 554. The van der Waals surface area contributed by atoms with E-state index in [9.17, 15) is 0 Å². The van der Waals surface area contributed by atoms with E-state index in [4.69, 9.17) is 17.3 Å². The minimum atomic E-state index is 0.716. The molecule has 0 unspecified atom stereocenters. The fraction of sp³-hybridized carbons (Fsp3) is 0.214. The van der Waals surface area contributed by atoms with Crippen LogP contribution in [0.1, 0.15) is 11.3 Å². The zero-order chi connectivity index (χ0) is 13.1. The number of hydrogen-bond donors (Lipinski definition) is 1. The highest BCUT2D eigenvalue weighted by Crippen LogP contribution is 2.22. The minimum Gasteiger partial charge on any atom is -0.399 e. The van der Waals surface area contributed by atoms with Crippen molar-refractivity contribution in [3.63, 3.8) is 0 Å². The number of nitrogen functional groups attached to an aromatic ring is 1. The number of aromatic nitrogens is 1. The Morgan fingerprint density at radius 2 is 2.06 bits per heavy atom. The van der Waals surface area contributed by atoms with Crippen LogP contribution in [0.2, 0.25) is 5.02 Å². The molecule has 3 nitrogen and oxygen atoms in total. The second-order valence-electron chi connectivity index (χ2n) is 4.36. The highest BCUT2D eigenvalue weighted by Gasteiger charge is 2.06. The van der Waals surface area contributed by atoms with Crippen LogP contribution >= 0.6 is 11.6 Å². The lowest BCUT2D eigenvalue weighted by molar-refractivity contribution is 0.919. The van der Waals surface area contributed by atoms with Crippen molar-refractivity contribution in [1.82, 2.24) is 4.98 Å². The Balaban J connectivity index is 2.21. The molecule has 0 radical (unpaired) electrons. The monoisotopic (exact) mass is 261 g/mol. The molecule has 0 aliphatic rings. The molecule has 0 spiro atoms. The zero-order valence-corrected chi connectivity index (χ0v) is 11.3. The summed E-state index contributed by atoms with van der Waals surface area (Å²) in [5.74, 6) is 0. The first kappa shape index (κ1) is 12.7. The molecule has 2 aromatic rings. The van der Waals surface area contributed by atoms with E-state index in [1.807, 2.05) is 50.5 Å². The molecule has 0 amide bonds. The lowest BCUT2D eigenvalue weighted by Gasteiger charge is -2.20. The molecule has 2 rings (SSSR count). The van der Waals surface area contributed by atoms with Gasteiger partial charge in [-0.15, -0.1) is 0 Å². The third kappa shape index (κ3) is 2.93. The smallest absolute Gasteiger partial charge is 0.0457 e. The van der Waals surface area contributed by atoms with Crippen LogP contribution in [0.4, 0.5) is 11.4 Å². The van der Waals surface area contributed by atoms with E-state index in [2.05, 4.69) is 9.88 Å². The van der Waals surface area contributed by atoms with Gasteiger partial charge in [0.25, 0.3) is 0 Å². The summed E-state index contributed by atoms with van der Waals surface area (Å²) in [7, 11) is 2.02. The number of aryl methyl sites for hydroxylation is 1. The second kappa shape index (κ2) is 5.27. The molecular weight excluding hydrogens is 246 g/mol. The van der Waals surface area contributed by atoms with Gasteiger partial charge in [0.1, 0.15) is 0 Å². The van der Waals surface area contributed by atoms with E-state index in [-0.39, 0.29) is 0 Å². The Morgan fingerprint density at radius 1 is 1.28 bits per heavy atom. The molecule has 0 saturated carbocycles. The van der Waals surface area contributed by atoms with Crippen molar-refractivity contribution in [2.75, 3.05) is 17.7 Å². The highest BCUT2D eigenvalue weighted by molar-refractivity contribution is 6.31. The van der Waals surface area contributed by atoms with Gasteiger partial charge >= 0.3 is 0 Å². The van der Waals surface area contributed by atoms with Crippen LogP contribution in [0.25, 0.3) is 0 Å². The van der Waals surface area contributed by atoms with Gasteiger partial charge in [-0.05, 0) is 42.8 Å². The van der Waals surface area contributed by atoms with Crippen molar-refractivity contribution < 1.29 is 0 Å². The molecule has 94 valence electrons. The van der Waals surface area contributed by atoms with Crippen LogP contribution in [0.15, 0.2) is 36.5 Å². The average Bonchev–Trinajstić information content (AvgIpc) is 2.34.